The van der Waals surface area contributed by atoms with Crippen molar-refractivity contribution in [1.29, 1.82) is 0 Å². The third kappa shape index (κ3) is 4.70. The lowest BCUT2D eigenvalue weighted by Crippen LogP contribution is -2.54. The van der Waals surface area contributed by atoms with Gasteiger partial charge in [0.15, 0.2) is 0 Å². The highest BCUT2D eigenvalue weighted by molar-refractivity contribution is 6.25. The van der Waals surface area contributed by atoms with Crippen LogP contribution in [0, 0.1) is 11.8 Å². The molecule has 3 fully saturated rings. The number of fused-ring (bicyclic) bond motifs is 1. The van der Waals surface area contributed by atoms with Gasteiger partial charge in [-0.25, -0.2) is 0 Å². The zero-order valence-electron chi connectivity index (χ0n) is 20.4. The second-order valence-corrected chi connectivity index (χ2v) is 10.3. The zero-order valence-corrected chi connectivity index (χ0v) is 20.4. The van der Waals surface area contributed by atoms with E-state index in [1.165, 1.54) is 0 Å². The number of aliphatic carboxylic acids is 1. The molecule has 5 rings (SSSR count). The summed E-state index contributed by atoms with van der Waals surface area (Å²) in [7, 11) is 0. The van der Waals surface area contributed by atoms with E-state index in [2.05, 4.69) is 10.6 Å². The first-order chi connectivity index (χ1) is 17.7. The number of nitrogens with one attached hydrogen (secondary N) is 2. The lowest BCUT2D eigenvalue weighted by atomic mass is 9.81. The van der Waals surface area contributed by atoms with Gasteiger partial charge in [0, 0.05) is 37.2 Å². The third-order valence-electron chi connectivity index (χ3n) is 8.06. The third-order valence-corrected chi connectivity index (χ3v) is 8.06. The number of likely N-dealkylation sites (tertiary alicyclic amines) is 1. The topological polar surface area (TPSA) is 153 Å². The molecule has 0 spiro atoms. The maximum Gasteiger partial charge on any atom is 0.306 e. The predicted molar refractivity (Wildman–Crippen MR) is 129 cm³/mol. The molecule has 3 aliphatic heterocycles. The minimum absolute atomic E-state index is 0.00847. The first kappa shape index (κ1) is 24.9. The zero-order chi connectivity index (χ0) is 26.3. The Balaban J connectivity index is 1.21. The van der Waals surface area contributed by atoms with Crippen LogP contribution in [0.15, 0.2) is 18.2 Å². The van der Waals surface area contributed by atoms with Crippen molar-refractivity contribution in [3.8, 4) is 0 Å². The van der Waals surface area contributed by atoms with Gasteiger partial charge in [0.05, 0.1) is 17.0 Å². The monoisotopic (exact) mass is 510 g/mol. The van der Waals surface area contributed by atoms with Gasteiger partial charge in [0.2, 0.25) is 17.7 Å². The summed E-state index contributed by atoms with van der Waals surface area (Å²) in [6, 6.07) is 3.96. The second-order valence-electron chi connectivity index (χ2n) is 10.3. The van der Waals surface area contributed by atoms with E-state index in [0.29, 0.717) is 57.3 Å². The number of benzene rings is 1. The van der Waals surface area contributed by atoms with Gasteiger partial charge in [-0.2, -0.15) is 0 Å². The van der Waals surface area contributed by atoms with Crippen LogP contribution >= 0.6 is 0 Å². The summed E-state index contributed by atoms with van der Waals surface area (Å²) in [5.41, 5.74) is 0.970. The molecular formula is C26H30N4O7. The fourth-order valence-corrected chi connectivity index (χ4v) is 5.94. The number of piperidine rings is 2. The normalized spacial score (nSPS) is 26.6. The van der Waals surface area contributed by atoms with Crippen molar-refractivity contribution in [2.45, 2.75) is 63.5 Å². The van der Waals surface area contributed by atoms with Crippen LogP contribution in [0.5, 0.6) is 0 Å². The smallest absolute Gasteiger partial charge is 0.306 e. The summed E-state index contributed by atoms with van der Waals surface area (Å²) in [6.07, 6.45) is 3.76. The molecule has 0 radical (unpaired) electrons. The van der Waals surface area contributed by atoms with E-state index >= 15 is 0 Å². The molecule has 0 bridgehead atoms. The van der Waals surface area contributed by atoms with Gasteiger partial charge in [-0.15, -0.1) is 0 Å². The quantitative estimate of drug-likeness (QED) is 0.502. The number of hydrogen-bond donors (Lipinski definition) is 3. The van der Waals surface area contributed by atoms with Crippen molar-refractivity contribution in [3.05, 3.63) is 29.3 Å². The number of carboxylic acids is 1. The number of hydrogen-bond acceptors (Lipinski definition) is 7. The lowest BCUT2D eigenvalue weighted by molar-refractivity contribution is -0.146. The Morgan fingerprint density at radius 3 is 2.22 bits per heavy atom. The van der Waals surface area contributed by atoms with Crippen LogP contribution in [0.3, 0.4) is 0 Å². The van der Waals surface area contributed by atoms with E-state index in [0.717, 1.165) is 4.90 Å². The number of carboxylic acid groups (broad SMARTS) is 1. The SMILES string of the molecule is O=C1CCC(N2C(=O)c3cccc(NC4CCN(C(=O)C5CCC(C(=O)O)CC5)CC4)c3C2=O)C(=O)N1. The molecule has 1 saturated carbocycles. The van der Waals surface area contributed by atoms with Crippen molar-refractivity contribution in [2.75, 3.05) is 18.4 Å². The van der Waals surface area contributed by atoms with Crippen LogP contribution < -0.4 is 10.6 Å². The van der Waals surface area contributed by atoms with Gasteiger partial charge in [-0.05, 0) is 57.1 Å². The molecule has 1 aromatic rings. The Morgan fingerprint density at radius 1 is 0.892 bits per heavy atom. The molecule has 11 heteroatoms. The molecular weight excluding hydrogens is 480 g/mol. The van der Waals surface area contributed by atoms with Gasteiger partial charge in [-0.3, -0.25) is 39.0 Å². The number of carbonyl (C=O) groups excluding carboxylic acids is 5. The first-order valence-electron chi connectivity index (χ1n) is 12.9. The Morgan fingerprint density at radius 2 is 1.57 bits per heavy atom. The van der Waals surface area contributed by atoms with Crippen LogP contribution in [0.2, 0.25) is 0 Å². The molecule has 1 aromatic carbocycles. The fourth-order valence-electron chi connectivity index (χ4n) is 5.94. The molecule has 5 amide bonds. The molecule has 4 aliphatic rings. The van der Waals surface area contributed by atoms with E-state index in [1.54, 1.807) is 18.2 Å². The lowest BCUT2D eigenvalue weighted by Gasteiger charge is -2.36. The van der Waals surface area contributed by atoms with Crippen LogP contribution in [-0.2, 0) is 19.2 Å². The van der Waals surface area contributed by atoms with Gasteiger partial charge in [-0.1, -0.05) is 6.07 Å². The van der Waals surface area contributed by atoms with Gasteiger partial charge < -0.3 is 15.3 Å². The van der Waals surface area contributed by atoms with Crippen LogP contribution in [-0.4, -0.2) is 75.6 Å². The first-order valence-corrected chi connectivity index (χ1v) is 12.9. The van der Waals surface area contributed by atoms with Crippen molar-refractivity contribution in [2.24, 2.45) is 11.8 Å². The Kier molecular flexibility index (Phi) is 6.70. The summed E-state index contributed by atoms with van der Waals surface area (Å²) in [6.45, 7) is 1.11. The minimum Gasteiger partial charge on any atom is -0.481 e. The maximum atomic E-state index is 13.3. The summed E-state index contributed by atoms with van der Waals surface area (Å²) in [5.74, 6) is -3.34. The minimum atomic E-state index is -1.02. The molecule has 37 heavy (non-hydrogen) atoms. The second kappa shape index (κ2) is 9.95. The van der Waals surface area contributed by atoms with Gasteiger partial charge in [0.1, 0.15) is 6.04 Å². The highest BCUT2D eigenvalue weighted by Gasteiger charge is 2.46. The van der Waals surface area contributed by atoms with Crippen molar-refractivity contribution in [3.63, 3.8) is 0 Å². The maximum absolute atomic E-state index is 13.3. The highest BCUT2D eigenvalue weighted by Crippen LogP contribution is 2.34. The number of anilines is 1. The Hall–Kier alpha value is -3.76. The number of carbonyl (C=O) groups is 6. The average Bonchev–Trinajstić information content (AvgIpc) is 3.14. The summed E-state index contributed by atoms with van der Waals surface area (Å²) in [5, 5.41) is 14.8. The van der Waals surface area contributed by atoms with E-state index < -0.39 is 35.6 Å². The van der Waals surface area contributed by atoms with E-state index in [1.807, 2.05) is 4.90 Å². The van der Waals surface area contributed by atoms with Crippen molar-refractivity contribution < 1.29 is 33.9 Å². The molecule has 3 heterocycles. The van der Waals surface area contributed by atoms with Crippen LogP contribution in [0.4, 0.5) is 5.69 Å². The summed E-state index contributed by atoms with van der Waals surface area (Å²) < 4.78 is 0. The summed E-state index contributed by atoms with van der Waals surface area (Å²) >= 11 is 0. The van der Waals surface area contributed by atoms with Gasteiger partial charge in [0.25, 0.3) is 11.8 Å². The highest BCUT2D eigenvalue weighted by atomic mass is 16.4. The van der Waals surface area contributed by atoms with Crippen LogP contribution in [0.25, 0.3) is 0 Å². The van der Waals surface area contributed by atoms with Crippen molar-refractivity contribution >= 4 is 41.2 Å². The molecule has 11 nitrogen and oxygen atoms in total. The molecule has 1 aliphatic carbocycles. The fraction of sp³-hybridized carbons (Fsp3) is 0.538. The molecule has 2 saturated heterocycles. The largest absolute Gasteiger partial charge is 0.481 e. The van der Waals surface area contributed by atoms with E-state index in [9.17, 15) is 33.9 Å². The van der Waals surface area contributed by atoms with Crippen molar-refractivity contribution in [1.82, 2.24) is 15.1 Å². The molecule has 3 N–H and O–H groups in total. The Labute approximate surface area is 213 Å². The molecule has 0 aromatic heterocycles. The molecule has 196 valence electrons. The van der Waals surface area contributed by atoms with E-state index in [4.69, 9.17) is 0 Å². The average molecular weight is 511 g/mol. The van der Waals surface area contributed by atoms with Gasteiger partial charge >= 0.3 is 5.97 Å². The van der Waals surface area contributed by atoms with Crippen LogP contribution in [0.1, 0.15) is 72.1 Å². The standard InChI is InChI=1S/C26H30N4O7/c31-20-9-8-19(22(32)28-20)30-24(34)17-2-1-3-18(21(17)25(30)35)27-16-10-12-29(13-11-16)23(33)14-4-6-15(7-5-14)26(36)37/h1-3,14-16,19,27H,4-13H2,(H,36,37)(H,28,31,32). The number of imide groups is 2. The number of amides is 5. The number of nitrogens with zero attached hydrogens (tertiary/aromatic N) is 2. The summed E-state index contributed by atoms with van der Waals surface area (Å²) in [4.78, 5) is 77.1. The molecule has 1 unspecified atom stereocenters. The number of rotatable bonds is 5. The molecule has 1 atom stereocenters. The predicted octanol–water partition coefficient (Wildman–Crippen LogP) is 1.38. The Bertz CT molecular complexity index is 1170. The van der Waals surface area contributed by atoms with E-state index in [-0.39, 0.29) is 47.8 Å².